The van der Waals surface area contributed by atoms with Gasteiger partial charge in [-0.1, -0.05) is 37.5 Å². The van der Waals surface area contributed by atoms with Crippen molar-refractivity contribution in [2.45, 2.75) is 49.7 Å². The van der Waals surface area contributed by atoms with Crippen LogP contribution in [0.1, 0.15) is 43.4 Å². The molecule has 4 rings (SSSR count). The number of anilines is 1. The van der Waals surface area contributed by atoms with Gasteiger partial charge in [-0.2, -0.15) is 11.8 Å². The van der Waals surface area contributed by atoms with Gasteiger partial charge < -0.3 is 4.90 Å². The summed E-state index contributed by atoms with van der Waals surface area (Å²) in [6.07, 6.45) is 6.86. The molecule has 0 bridgehead atoms. The maximum absolute atomic E-state index is 4.90. The molecule has 1 saturated carbocycles. The molecule has 0 unspecified atom stereocenters. The Bertz CT molecular complexity index is 662. The highest BCUT2D eigenvalue weighted by Gasteiger charge is 2.26. The molecule has 21 heavy (non-hydrogen) atoms. The van der Waals surface area contributed by atoms with Crippen LogP contribution < -0.4 is 4.90 Å². The van der Waals surface area contributed by atoms with Gasteiger partial charge in [-0.05, 0) is 18.9 Å². The summed E-state index contributed by atoms with van der Waals surface area (Å²) in [4.78, 5) is 7.47. The summed E-state index contributed by atoms with van der Waals surface area (Å²) in [5, 5.41) is 1.34. The second-order valence-electron chi connectivity index (χ2n) is 6.30. The van der Waals surface area contributed by atoms with Crippen LogP contribution in [0.25, 0.3) is 10.9 Å². The van der Waals surface area contributed by atoms with E-state index in [-0.39, 0.29) is 0 Å². The Morgan fingerprint density at radius 2 is 1.90 bits per heavy atom. The molecule has 2 aromatic rings. The van der Waals surface area contributed by atoms with E-state index < -0.39 is 0 Å². The van der Waals surface area contributed by atoms with Gasteiger partial charge in [0.1, 0.15) is 0 Å². The number of pyridine rings is 1. The number of hydrogen-bond donors (Lipinski definition) is 0. The van der Waals surface area contributed by atoms with Crippen LogP contribution in [0.5, 0.6) is 0 Å². The van der Waals surface area contributed by atoms with Gasteiger partial charge in [0.25, 0.3) is 0 Å². The molecule has 2 aliphatic rings. The monoisotopic (exact) mass is 298 g/mol. The van der Waals surface area contributed by atoms with Gasteiger partial charge in [0.05, 0.1) is 16.9 Å². The molecule has 1 fully saturated rings. The number of benzene rings is 1. The van der Waals surface area contributed by atoms with Crippen molar-refractivity contribution in [1.29, 1.82) is 0 Å². The van der Waals surface area contributed by atoms with E-state index in [0.29, 0.717) is 6.04 Å². The summed E-state index contributed by atoms with van der Waals surface area (Å²) < 4.78 is 0. The summed E-state index contributed by atoms with van der Waals surface area (Å²) >= 11 is 2.00. The zero-order chi connectivity index (χ0) is 14.2. The Morgan fingerprint density at radius 3 is 2.76 bits per heavy atom. The van der Waals surface area contributed by atoms with Crippen LogP contribution in [-0.4, -0.2) is 18.1 Å². The van der Waals surface area contributed by atoms with Crippen molar-refractivity contribution in [2.24, 2.45) is 0 Å². The predicted molar refractivity (Wildman–Crippen MR) is 92.0 cm³/mol. The first-order chi connectivity index (χ1) is 10.3. The molecule has 0 atom stereocenters. The lowest BCUT2D eigenvalue weighted by atomic mass is 9.93. The van der Waals surface area contributed by atoms with Crippen molar-refractivity contribution in [1.82, 2.24) is 4.98 Å². The number of para-hydroxylation sites is 1. The van der Waals surface area contributed by atoms with E-state index in [1.54, 1.807) is 0 Å². The smallest absolute Gasteiger partial charge is 0.0726 e. The minimum absolute atomic E-state index is 0.708. The molecule has 0 saturated heterocycles. The molecule has 1 aromatic carbocycles. The third kappa shape index (κ3) is 2.32. The lowest BCUT2D eigenvalue weighted by molar-refractivity contribution is 0.428. The molecule has 0 N–H and O–H groups in total. The van der Waals surface area contributed by atoms with Gasteiger partial charge >= 0.3 is 0 Å². The van der Waals surface area contributed by atoms with Crippen LogP contribution in [0, 0.1) is 0 Å². The van der Waals surface area contributed by atoms with Crippen molar-refractivity contribution in [3.63, 3.8) is 0 Å². The first-order valence-electron chi connectivity index (χ1n) is 8.05. The van der Waals surface area contributed by atoms with Crippen LogP contribution in [0.15, 0.2) is 24.3 Å². The molecule has 2 heterocycles. The molecule has 2 nitrogen and oxygen atoms in total. The zero-order valence-electron chi connectivity index (χ0n) is 12.6. The average Bonchev–Trinajstić information content (AvgIpc) is 3.00. The minimum Gasteiger partial charge on any atom is -0.371 e. The van der Waals surface area contributed by atoms with E-state index in [2.05, 4.69) is 36.2 Å². The molecule has 1 aromatic heterocycles. The Balaban J connectivity index is 1.86. The maximum Gasteiger partial charge on any atom is 0.0726 e. The third-order valence-corrected chi connectivity index (χ3v) is 5.98. The minimum atomic E-state index is 0.708. The molecule has 110 valence electrons. The normalized spacial score (nSPS) is 18.9. The molecule has 1 aliphatic heterocycles. The van der Waals surface area contributed by atoms with Crippen molar-refractivity contribution in [3.05, 3.63) is 35.5 Å². The summed E-state index contributed by atoms with van der Waals surface area (Å²) in [6, 6.07) is 9.38. The van der Waals surface area contributed by atoms with E-state index in [9.17, 15) is 0 Å². The van der Waals surface area contributed by atoms with E-state index in [4.69, 9.17) is 4.98 Å². The zero-order valence-corrected chi connectivity index (χ0v) is 13.5. The van der Waals surface area contributed by atoms with Crippen molar-refractivity contribution >= 4 is 28.4 Å². The number of aromatic nitrogens is 1. The fraction of sp³-hybridized carbons (Fsp3) is 0.500. The van der Waals surface area contributed by atoms with Gasteiger partial charge in [-0.15, -0.1) is 0 Å². The number of thioether (sulfide) groups is 1. The van der Waals surface area contributed by atoms with E-state index >= 15 is 0 Å². The molecular formula is C18H22N2S. The van der Waals surface area contributed by atoms with Gasteiger partial charge in [0.15, 0.2) is 0 Å². The topological polar surface area (TPSA) is 16.1 Å². The SMILES string of the molecule is CN(c1c2c(nc3ccccc13)CSC2)C1CCCCC1. The third-order valence-electron chi connectivity index (χ3n) is 5.01. The quantitative estimate of drug-likeness (QED) is 0.796. The lowest BCUT2D eigenvalue weighted by Gasteiger charge is -2.35. The summed E-state index contributed by atoms with van der Waals surface area (Å²) in [7, 11) is 2.31. The van der Waals surface area contributed by atoms with Gasteiger partial charge in [-0.3, -0.25) is 4.98 Å². The number of hydrogen-bond acceptors (Lipinski definition) is 3. The van der Waals surface area contributed by atoms with Crippen molar-refractivity contribution < 1.29 is 0 Å². The van der Waals surface area contributed by atoms with Crippen molar-refractivity contribution in [3.8, 4) is 0 Å². The average molecular weight is 298 g/mol. The summed E-state index contributed by atoms with van der Waals surface area (Å²) in [5.74, 6) is 2.20. The Labute approximate surface area is 130 Å². The van der Waals surface area contributed by atoms with Gasteiger partial charge in [0.2, 0.25) is 0 Å². The van der Waals surface area contributed by atoms with E-state index in [1.165, 1.54) is 54.4 Å². The highest BCUT2D eigenvalue weighted by molar-refractivity contribution is 7.98. The van der Waals surface area contributed by atoms with Crippen LogP contribution in [0.2, 0.25) is 0 Å². The molecular weight excluding hydrogens is 276 g/mol. The highest BCUT2D eigenvalue weighted by Crippen LogP contribution is 2.41. The van der Waals surface area contributed by atoms with Gasteiger partial charge in [0, 0.05) is 35.5 Å². The van der Waals surface area contributed by atoms with E-state index in [1.807, 2.05) is 11.8 Å². The molecule has 3 heteroatoms. The van der Waals surface area contributed by atoms with Crippen LogP contribution in [-0.2, 0) is 11.5 Å². The van der Waals surface area contributed by atoms with Crippen LogP contribution in [0.3, 0.4) is 0 Å². The van der Waals surface area contributed by atoms with Crippen LogP contribution in [0.4, 0.5) is 5.69 Å². The first kappa shape index (κ1) is 13.4. The largest absolute Gasteiger partial charge is 0.371 e. The number of nitrogens with zero attached hydrogens (tertiary/aromatic N) is 2. The molecule has 0 radical (unpaired) electrons. The standard InChI is InChI=1S/C18H22N2S/c1-20(13-7-3-2-4-8-13)18-14-9-5-6-10-16(14)19-17-12-21-11-15(17)18/h5-6,9-10,13H,2-4,7-8,11-12H2,1H3. The fourth-order valence-corrected chi connectivity index (χ4v) is 4.90. The van der Waals surface area contributed by atoms with Crippen LogP contribution >= 0.6 is 11.8 Å². The fourth-order valence-electron chi connectivity index (χ4n) is 3.86. The number of rotatable bonds is 2. The second-order valence-corrected chi connectivity index (χ2v) is 7.28. The Morgan fingerprint density at radius 1 is 1.10 bits per heavy atom. The molecule has 0 spiro atoms. The summed E-state index contributed by atoms with van der Waals surface area (Å²) in [6.45, 7) is 0. The molecule has 1 aliphatic carbocycles. The lowest BCUT2D eigenvalue weighted by Crippen LogP contribution is -2.34. The van der Waals surface area contributed by atoms with E-state index in [0.717, 1.165) is 17.0 Å². The summed E-state index contributed by atoms with van der Waals surface area (Å²) in [5.41, 5.74) is 5.44. The first-order valence-corrected chi connectivity index (χ1v) is 9.21. The maximum atomic E-state index is 4.90. The molecule has 0 amide bonds. The second kappa shape index (κ2) is 5.53. The Kier molecular flexibility index (Phi) is 3.54. The highest BCUT2D eigenvalue weighted by atomic mass is 32.2. The predicted octanol–water partition coefficient (Wildman–Crippen LogP) is 4.75. The van der Waals surface area contributed by atoms with Crippen molar-refractivity contribution in [2.75, 3.05) is 11.9 Å². The van der Waals surface area contributed by atoms with Gasteiger partial charge in [-0.25, -0.2) is 0 Å². The Hall–Kier alpha value is -1.22. The number of fused-ring (bicyclic) bond motifs is 2.